The highest BCUT2D eigenvalue weighted by Crippen LogP contribution is 2.26. The molecule has 1 aromatic carbocycles. The predicted octanol–water partition coefficient (Wildman–Crippen LogP) is 2.57. The Morgan fingerprint density at radius 2 is 2.17 bits per heavy atom. The van der Waals surface area contributed by atoms with Gasteiger partial charge in [0.05, 0.1) is 12.5 Å². The Morgan fingerprint density at radius 3 is 2.78 bits per heavy atom. The summed E-state index contributed by atoms with van der Waals surface area (Å²) in [5.74, 6) is 0.505. The molecule has 126 valence electrons. The van der Waals surface area contributed by atoms with Gasteiger partial charge in [0.15, 0.2) is 0 Å². The fourth-order valence-electron chi connectivity index (χ4n) is 2.86. The number of carbonyl (C=O) groups is 2. The molecule has 0 spiro atoms. The number of benzene rings is 1. The van der Waals surface area contributed by atoms with E-state index in [4.69, 9.17) is 16.3 Å². The van der Waals surface area contributed by atoms with Crippen LogP contribution in [0.25, 0.3) is 0 Å². The van der Waals surface area contributed by atoms with Crippen LogP contribution in [-0.2, 0) is 16.1 Å². The Hall–Kier alpha value is -1.75. The van der Waals surface area contributed by atoms with E-state index in [0.29, 0.717) is 37.7 Å². The number of halogens is 1. The zero-order chi connectivity index (χ0) is 17.0. The molecule has 0 bridgehead atoms. The summed E-state index contributed by atoms with van der Waals surface area (Å²) in [6.45, 7) is 5.95. The maximum Gasteiger partial charge on any atom is 0.228 e. The van der Waals surface area contributed by atoms with Crippen LogP contribution in [0, 0.1) is 5.92 Å². The van der Waals surface area contributed by atoms with Gasteiger partial charge in [-0.2, -0.15) is 0 Å². The number of likely N-dealkylation sites (tertiary alicyclic amines) is 1. The molecule has 1 heterocycles. The molecule has 2 amide bonds. The van der Waals surface area contributed by atoms with Crippen molar-refractivity contribution in [2.75, 3.05) is 26.7 Å². The first kappa shape index (κ1) is 17.6. The van der Waals surface area contributed by atoms with Gasteiger partial charge in [-0.05, 0) is 32.0 Å². The SMILES string of the molecule is CCOc1ccc(Cl)cc1CN(C)C(=O)[C@H]1CC(=O)N(CC)C1. The van der Waals surface area contributed by atoms with Crippen LogP contribution in [0.4, 0.5) is 0 Å². The molecule has 0 unspecified atom stereocenters. The largest absolute Gasteiger partial charge is 0.494 e. The molecule has 1 atom stereocenters. The lowest BCUT2D eigenvalue weighted by Crippen LogP contribution is -2.34. The van der Waals surface area contributed by atoms with Crippen molar-refractivity contribution in [2.45, 2.75) is 26.8 Å². The van der Waals surface area contributed by atoms with E-state index in [1.165, 1.54) is 0 Å². The summed E-state index contributed by atoms with van der Waals surface area (Å²) in [7, 11) is 1.75. The summed E-state index contributed by atoms with van der Waals surface area (Å²) in [4.78, 5) is 27.8. The predicted molar refractivity (Wildman–Crippen MR) is 89.5 cm³/mol. The fourth-order valence-corrected chi connectivity index (χ4v) is 3.05. The van der Waals surface area contributed by atoms with Crippen LogP contribution in [0.1, 0.15) is 25.8 Å². The second kappa shape index (κ2) is 7.68. The van der Waals surface area contributed by atoms with Gasteiger partial charge in [-0.1, -0.05) is 11.6 Å². The zero-order valence-corrected chi connectivity index (χ0v) is 14.6. The maximum absolute atomic E-state index is 12.6. The Morgan fingerprint density at radius 1 is 1.43 bits per heavy atom. The third-order valence-corrected chi connectivity index (χ3v) is 4.29. The average Bonchev–Trinajstić information content (AvgIpc) is 2.90. The molecule has 1 aliphatic heterocycles. The van der Waals surface area contributed by atoms with Gasteiger partial charge in [0.1, 0.15) is 5.75 Å². The van der Waals surface area contributed by atoms with E-state index in [1.807, 2.05) is 26.0 Å². The molecule has 1 aliphatic rings. The normalized spacial score (nSPS) is 17.5. The molecule has 0 aromatic heterocycles. The van der Waals surface area contributed by atoms with Crippen molar-refractivity contribution in [3.63, 3.8) is 0 Å². The van der Waals surface area contributed by atoms with Gasteiger partial charge in [-0.25, -0.2) is 0 Å². The summed E-state index contributed by atoms with van der Waals surface area (Å²) in [5, 5.41) is 0.609. The first-order valence-electron chi connectivity index (χ1n) is 7.90. The molecule has 1 fully saturated rings. The monoisotopic (exact) mass is 338 g/mol. The van der Waals surface area contributed by atoms with Gasteiger partial charge in [0, 0.05) is 43.7 Å². The van der Waals surface area contributed by atoms with Crippen molar-refractivity contribution >= 4 is 23.4 Å². The smallest absolute Gasteiger partial charge is 0.228 e. The summed E-state index contributed by atoms with van der Waals surface area (Å²) in [5.41, 5.74) is 0.867. The topological polar surface area (TPSA) is 49.9 Å². The highest BCUT2D eigenvalue weighted by atomic mass is 35.5. The molecule has 6 heteroatoms. The molecule has 1 aromatic rings. The van der Waals surface area contributed by atoms with Crippen LogP contribution in [-0.4, -0.2) is 48.4 Å². The molecule has 0 N–H and O–H groups in total. The van der Waals surface area contributed by atoms with E-state index >= 15 is 0 Å². The second-order valence-corrected chi connectivity index (χ2v) is 6.15. The first-order chi connectivity index (χ1) is 11.0. The van der Waals surface area contributed by atoms with Gasteiger partial charge >= 0.3 is 0 Å². The second-order valence-electron chi connectivity index (χ2n) is 5.71. The maximum atomic E-state index is 12.6. The molecule has 0 radical (unpaired) electrons. The van der Waals surface area contributed by atoms with Gasteiger partial charge < -0.3 is 14.5 Å². The highest BCUT2D eigenvalue weighted by molar-refractivity contribution is 6.30. The minimum absolute atomic E-state index is 0.0169. The number of carbonyl (C=O) groups excluding carboxylic acids is 2. The number of rotatable bonds is 6. The van der Waals surface area contributed by atoms with Gasteiger partial charge in [-0.15, -0.1) is 0 Å². The van der Waals surface area contributed by atoms with Crippen molar-refractivity contribution in [1.29, 1.82) is 0 Å². The van der Waals surface area contributed by atoms with Crippen LogP contribution < -0.4 is 4.74 Å². The van der Waals surface area contributed by atoms with Crippen molar-refractivity contribution in [1.82, 2.24) is 9.80 Å². The summed E-state index contributed by atoms with van der Waals surface area (Å²) in [6.07, 6.45) is 0.297. The first-order valence-corrected chi connectivity index (χ1v) is 8.28. The Kier molecular flexibility index (Phi) is 5.88. The Balaban J connectivity index is 2.07. The summed E-state index contributed by atoms with van der Waals surface area (Å²) in [6, 6.07) is 5.40. The summed E-state index contributed by atoms with van der Waals surface area (Å²) < 4.78 is 5.59. The number of amides is 2. The fraction of sp³-hybridized carbons (Fsp3) is 0.529. The lowest BCUT2D eigenvalue weighted by molar-refractivity contribution is -0.135. The van der Waals surface area contributed by atoms with Crippen LogP contribution in [0.15, 0.2) is 18.2 Å². The van der Waals surface area contributed by atoms with Crippen LogP contribution in [0.3, 0.4) is 0 Å². The number of hydrogen-bond donors (Lipinski definition) is 0. The van der Waals surface area contributed by atoms with Crippen LogP contribution >= 0.6 is 11.6 Å². The van der Waals surface area contributed by atoms with Crippen molar-refractivity contribution in [3.05, 3.63) is 28.8 Å². The van der Waals surface area contributed by atoms with E-state index in [0.717, 1.165) is 11.3 Å². The molecular weight excluding hydrogens is 316 g/mol. The quantitative estimate of drug-likeness (QED) is 0.801. The van der Waals surface area contributed by atoms with E-state index < -0.39 is 0 Å². The van der Waals surface area contributed by atoms with E-state index in [2.05, 4.69) is 0 Å². The van der Waals surface area contributed by atoms with Crippen molar-refractivity contribution in [3.8, 4) is 5.75 Å². The minimum Gasteiger partial charge on any atom is -0.494 e. The molecule has 5 nitrogen and oxygen atoms in total. The lowest BCUT2D eigenvalue weighted by atomic mass is 10.1. The average molecular weight is 339 g/mol. The molecule has 0 saturated carbocycles. The van der Waals surface area contributed by atoms with Crippen LogP contribution in [0.2, 0.25) is 5.02 Å². The number of hydrogen-bond acceptors (Lipinski definition) is 3. The molecule has 0 aliphatic carbocycles. The molecular formula is C17H23ClN2O3. The molecule has 1 saturated heterocycles. The van der Waals surface area contributed by atoms with E-state index in [9.17, 15) is 9.59 Å². The summed E-state index contributed by atoms with van der Waals surface area (Å²) >= 11 is 6.05. The highest BCUT2D eigenvalue weighted by Gasteiger charge is 2.34. The third-order valence-electron chi connectivity index (χ3n) is 4.05. The van der Waals surface area contributed by atoms with Crippen molar-refractivity contribution in [2.24, 2.45) is 5.92 Å². The lowest BCUT2D eigenvalue weighted by Gasteiger charge is -2.22. The third kappa shape index (κ3) is 4.16. The van der Waals surface area contributed by atoms with E-state index in [1.54, 1.807) is 22.9 Å². The van der Waals surface area contributed by atoms with Crippen LogP contribution in [0.5, 0.6) is 5.75 Å². The van der Waals surface area contributed by atoms with Crippen molar-refractivity contribution < 1.29 is 14.3 Å². The minimum atomic E-state index is -0.262. The van der Waals surface area contributed by atoms with Gasteiger partial charge in [0.2, 0.25) is 11.8 Å². The zero-order valence-electron chi connectivity index (χ0n) is 13.8. The standard InChI is InChI=1S/C17H23ClN2O3/c1-4-20-11-13(9-16(20)21)17(22)19(3)10-12-8-14(18)6-7-15(12)23-5-2/h6-8,13H,4-5,9-11H2,1-3H3/t13-/m0/s1. The number of nitrogens with zero attached hydrogens (tertiary/aromatic N) is 2. The number of ether oxygens (including phenoxy) is 1. The van der Waals surface area contributed by atoms with E-state index in [-0.39, 0.29) is 17.7 Å². The Labute approximate surface area is 142 Å². The Bertz CT molecular complexity index is 591. The van der Waals surface area contributed by atoms with Gasteiger partial charge in [0.25, 0.3) is 0 Å². The molecule has 2 rings (SSSR count). The molecule has 23 heavy (non-hydrogen) atoms. The van der Waals surface area contributed by atoms with Gasteiger partial charge in [-0.3, -0.25) is 9.59 Å².